The average Bonchev–Trinajstić information content (AvgIpc) is 2.93. The molecule has 6 heteroatoms. The lowest BCUT2D eigenvalue weighted by Crippen LogP contribution is -2.08. The van der Waals surface area contributed by atoms with Crippen molar-refractivity contribution in [3.63, 3.8) is 0 Å². The second kappa shape index (κ2) is 9.33. The third kappa shape index (κ3) is 4.46. The predicted molar refractivity (Wildman–Crippen MR) is 141 cm³/mol. The highest BCUT2D eigenvalue weighted by molar-refractivity contribution is 5.80. The van der Waals surface area contributed by atoms with E-state index in [4.69, 9.17) is 18.6 Å². The molecule has 0 aliphatic carbocycles. The van der Waals surface area contributed by atoms with Crippen molar-refractivity contribution in [3.8, 4) is 34.3 Å². The Bertz CT molecular complexity index is 1680. The van der Waals surface area contributed by atoms with Gasteiger partial charge in [0.05, 0.1) is 12.5 Å². The number of benzene rings is 4. The minimum absolute atomic E-state index is 0.174. The van der Waals surface area contributed by atoms with Crippen LogP contribution in [0.25, 0.3) is 28.1 Å². The normalized spacial score (nSPS) is 14.4. The van der Waals surface area contributed by atoms with E-state index in [0.29, 0.717) is 45.3 Å². The van der Waals surface area contributed by atoms with Crippen molar-refractivity contribution in [2.24, 2.45) is 0 Å². The van der Waals surface area contributed by atoms with E-state index >= 15 is 0 Å². The number of ether oxygens (including phenoxy) is 3. The van der Waals surface area contributed by atoms with Gasteiger partial charge in [-0.1, -0.05) is 30.3 Å². The number of fused-ring (bicyclic) bond motifs is 2. The fourth-order valence-electron chi connectivity index (χ4n) is 4.29. The van der Waals surface area contributed by atoms with Crippen LogP contribution in [0.3, 0.4) is 0 Å². The maximum atomic E-state index is 12.9. The van der Waals surface area contributed by atoms with Gasteiger partial charge in [-0.2, -0.15) is 0 Å². The standard InChI is InChI=1S/C31H22O6/c1-34-21-9-7-20(8-10-21)30-18-27(33)25-15-22(12-14-28(25)36-30)35-23-11-13-24-26(32)17-29(37-31(24)16-23)19-5-3-2-4-6-19/h2-18,26,32H,1H3. The van der Waals surface area contributed by atoms with Crippen molar-refractivity contribution in [2.75, 3.05) is 7.11 Å². The van der Waals surface area contributed by atoms with Gasteiger partial charge in [0.15, 0.2) is 5.43 Å². The number of aliphatic hydroxyl groups is 1. The van der Waals surface area contributed by atoms with Gasteiger partial charge in [0, 0.05) is 28.8 Å². The molecule has 4 aromatic carbocycles. The molecule has 6 rings (SSSR count). The Labute approximate surface area is 212 Å². The van der Waals surface area contributed by atoms with E-state index in [2.05, 4.69) is 0 Å². The van der Waals surface area contributed by atoms with E-state index in [0.717, 1.165) is 16.9 Å². The molecule has 1 atom stereocenters. The van der Waals surface area contributed by atoms with Gasteiger partial charge in [-0.05, 0) is 60.7 Å². The number of hydrogen-bond acceptors (Lipinski definition) is 6. The van der Waals surface area contributed by atoms with Crippen LogP contribution >= 0.6 is 0 Å². The van der Waals surface area contributed by atoms with Gasteiger partial charge in [0.25, 0.3) is 0 Å². The molecule has 0 amide bonds. The lowest BCUT2D eigenvalue weighted by Gasteiger charge is -2.22. The molecular weight excluding hydrogens is 468 g/mol. The maximum absolute atomic E-state index is 12.9. The molecule has 0 radical (unpaired) electrons. The Morgan fingerprint density at radius 1 is 0.784 bits per heavy atom. The van der Waals surface area contributed by atoms with E-state index in [9.17, 15) is 9.90 Å². The van der Waals surface area contributed by atoms with Crippen LogP contribution in [-0.4, -0.2) is 12.2 Å². The summed E-state index contributed by atoms with van der Waals surface area (Å²) in [6.07, 6.45) is 0.888. The molecule has 2 heterocycles. The third-order valence-electron chi connectivity index (χ3n) is 6.20. The molecule has 0 fully saturated rings. The lowest BCUT2D eigenvalue weighted by atomic mass is 10.0. The van der Waals surface area contributed by atoms with Crippen LogP contribution in [0.2, 0.25) is 0 Å². The average molecular weight is 491 g/mol. The summed E-state index contributed by atoms with van der Waals surface area (Å²) in [5.74, 6) is 3.28. The summed E-state index contributed by atoms with van der Waals surface area (Å²) in [4.78, 5) is 12.9. The van der Waals surface area contributed by atoms with Crippen LogP contribution < -0.4 is 19.6 Å². The van der Waals surface area contributed by atoms with Crippen LogP contribution in [0.5, 0.6) is 23.0 Å². The molecule has 0 bridgehead atoms. The van der Waals surface area contributed by atoms with Gasteiger partial charge in [-0.3, -0.25) is 4.79 Å². The van der Waals surface area contributed by atoms with Crippen LogP contribution in [0, 0.1) is 0 Å². The van der Waals surface area contributed by atoms with Crippen molar-refractivity contribution in [1.82, 2.24) is 0 Å². The summed E-state index contributed by atoms with van der Waals surface area (Å²) < 4.78 is 23.3. The van der Waals surface area contributed by atoms with Crippen molar-refractivity contribution >= 4 is 16.7 Å². The Hall–Kier alpha value is -4.81. The highest BCUT2D eigenvalue weighted by Gasteiger charge is 2.22. The summed E-state index contributed by atoms with van der Waals surface area (Å²) in [6, 6.07) is 28.8. The zero-order chi connectivity index (χ0) is 25.4. The second-order valence-corrected chi connectivity index (χ2v) is 8.61. The van der Waals surface area contributed by atoms with Gasteiger partial charge >= 0.3 is 0 Å². The largest absolute Gasteiger partial charge is 0.497 e. The Kier molecular flexibility index (Phi) is 5.71. The fraction of sp³-hybridized carbons (Fsp3) is 0.0645. The SMILES string of the molecule is COc1ccc(-c2cc(=O)c3cc(Oc4ccc5c(c4)OC(c4ccccc4)=CC5O)ccc3o2)cc1. The molecular formula is C31H22O6. The molecule has 1 unspecified atom stereocenters. The van der Waals surface area contributed by atoms with E-state index in [1.54, 1.807) is 49.6 Å². The summed E-state index contributed by atoms with van der Waals surface area (Å²) >= 11 is 0. The molecule has 1 aliphatic heterocycles. The van der Waals surface area contributed by atoms with Crippen LogP contribution in [0.15, 0.2) is 112 Å². The number of methoxy groups -OCH3 is 1. The predicted octanol–water partition coefficient (Wildman–Crippen LogP) is 6.73. The van der Waals surface area contributed by atoms with E-state index < -0.39 is 6.10 Å². The summed E-state index contributed by atoms with van der Waals surface area (Å²) in [5.41, 5.74) is 2.58. The van der Waals surface area contributed by atoms with Crippen molar-refractivity contribution < 1.29 is 23.7 Å². The van der Waals surface area contributed by atoms with Gasteiger partial charge in [0.2, 0.25) is 0 Å². The quantitative estimate of drug-likeness (QED) is 0.294. The topological polar surface area (TPSA) is 78.1 Å². The summed E-state index contributed by atoms with van der Waals surface area (Å²) in [5, 5.41) is 11.0. The van der Waals surface area contributed by atoms with Crippen molar-refractivity contribution in [2.45, 2.75) is 6.10 Å². The molecule has 6 nitrogen and oxygen atoms in total. The monoisotopic (exact) mass is 490 g/mol. The van der Waals surface area contributed by atoms with Crippen LogP contribution in [-0.2, 0) is 0 Å². The molecule has 5 aromatic rings. The lowest BCUT2D eigenvalue weighted by molar-refractivity contribution is 0.217. The van der Waals surface area contributed by atoms with Gasteiger partial charge < -0.3 is 23.7 Å². The number of hydrogen-bond donors (Lipinski definition) is 1. The van der Waals surface area contributed by atoms with E-state index in [1.807, 2.05) is 54.6 Å². The molecule has 1 N–H and O–H groups in total. The first kappa shape index (κ1) is 22.6. The van der Waals surface area contributed by atoms with Crippen LogP contribution in [0.1, 0.15) is 17.2 Å². The van der Waals surface area contributed by atoms with Gasteiger partial charge in [-0.15, -0.1) is 0 Å². The van der Waals surface area contributed by atoms with Crippen molar-refractivity contribution in [3.05, 3.63) is 124 Å². The molecule has 1 aromatic heterocycles. The van der Waals surface area contributed by atoms with Crippen molar-refractivity contribution in [1.29, 1.82) is 0 Å². The number of rotatable bonds is 5. The number of aliphatic hydroxyl groups excluding tert-OH is 1. The first-order chi connectivity index (χ1) is 18.1. The van der Waals surface area contributed by atoms with Gasteiger partial charge in [0.1, 0.15) is 46.2 Å². The first-order valence-electron chi connectivity index (χ1n) is 11.7. The summed E-state index contributed by atoms with van der Waals surface area (Å²) in [7, 11) is 1.60. The molecule has 0 spiro atoms. The maximum Gasteiger partial charge on any atom is 0.193 e. The Balaban J connectivity index is 1.27. The fourth-order valence-corrected chi connectivity index (χ4v) is 4.29. The third-order valence-corrected chi connectivity index (χ3v) is 6.20. The minimum Gasteiger partial charge on any atom is -0.497 e. The zero-order valence-corrected chi connectivity index (χ0v) is 19.9. The highest BCUT2D eigenvalue weighted by atomic mass is 16.5. The summed E-state index contributed by atoms with van der Waals surface area (Å²) in [6.45, 7) is 0. The second-order valence-electron chi connectivity index (χ2n) is 8.61. The van der Waals surface area contributed by atoms with E-state index in [-0.39, 0.29) is 5.43 Å². The Morgan fingerprint density at radius 3 is 2.30 bits per heavy atom. The molecule has 1 aliphatic rings. The molecule has 0 saturated heterocycles. The minimum atomic E-state index is -0.793. The molecule has 0 saturated carbocycles. The Morgan fingerprint density at radius 2 is 1.51 bits per heavy atom. The molecule has 182 valence electrons. The van der Waals surface area contributed by atoms with E-state index in [1.165, 1.54) is 6.07 Å². The smallest absolute Gasteiger partial charge is 0.193 e. The first-order valence-corrected chi connectivity index (χ1v) is 11.7. The van der Waals surface area contributed by atoms with Gasteiger partial charge in [-0.25, -0.2) is 0 Å². The van der Waals surface area contributed by atoms with Crippen LogP contribution in [0.4, 0.5) is 0 Å². The zero-order valence-electron chi connectivity index (χ0n) is 19.9. The highest BCUT2D eigenvalue weighted by Crippen LogP contribution is 2.39. The molecule has 37 heavy (non-hydrogen) atoms.